The summed E-state index contributed by atoms with van der Waals surface area (Å²) in [5, 5.41) is 3.38. The second kappa shape index (κ2) is 6.14. The molecule has 1 unspecified atom stereocenters. The molecule has 0 saturated carbocycles. The molecule has 1 aliphatic heterocycles. The zero-order valence-electron chi connectivity index (χ0n) is 12.2. The van der Waals surface area contributed by atoms with E-state index < -0.39 is 9.84 Å². The normalized spacial score (nSPS) is 24.7. The molecule has 1 aromatic carbocycles. The van der Waals surface area contributed by atoms with Gasteiger partial charge in [-0.15, -0.1) is 0 Å². The van der Waals surface area contributed by atoms with Gasteiger partial charge in [0.2, 0.25) is 0 Å². The van der Waals surface area contributed by atoms with Crippen LogP contribution in [0.4, 0.5) is 0 Å². The fourth-order valence-electron chi connectivity index (χ4n) is 2.43. The zero-order valence-corrected chi connectivity index (χ0v) is 13.0. The van der Waals surface area contributed by atoms with Gasteiger partial charge in [-0.3, -0.25) is 0 Å². The van der Waals surface area contributed by atoms with Crippen LogP contribution in [0.3, 0.4) is 0 Å². The van der Waals surface area contributed by atoms with E-state index in [0.717, 1.165) is 17.7 Å². The van der Waals surface area contributed by atoms with Gasteiger partial charge in [-0.1, -0.05) is 19.1 Å². The van der Waals surface area contributed by atoms with Crippen LogP contribution >= 0.6 is 0 Å². The first-order chi connectivity index (χ1) is 9.42. The smallest absolute Gasteiger partial charge is 0.152 e. The molecule has 1 N–H and O–H groups in total. The summed E-state index contributed by atoms with van der Waals surface area (Å²) in [6, 6.07) is 7.95. The van der Waals surface area contributed by atoms with Crippen molar-refractivity contribution in [3.8, 4) is 5.75 Å². The van der Waals surface area contributed by atoms with E-state index in [9.17, 15) is 8.42 Å². The number of sulfone groups is 1. The van der Waals surface area contributed by atoms with E-state index in [0.29, 0.717) is 19.6 Å². The number of nitrogens with one attached hydrogen (secondary N) is 1. The number of hydrogen-bond donors (Lipinski definition) is 1. The summed E-state index contributed by atoms with van der Waals surface area (Å²) in [4.78, 5) is 0. The van der Waals surface area contributed by atoms with E-state index in [4.69, 9.17) is 4.74 Å². The average molecular weight is 297 g/mol. The quantitative estimate of drug-likeness (QED) is 0.874. The Balaban J connectivity index is 1.94. The van der Waals surface area contributed by atoms with E-state index in [1.807, 2.05) is 31.2 Å². The molecule has 1 fully saturated rings. The van der Waals surface area contributed by atoms with Gasteiger partial charge in [-0.05, 0) is 37.5 Å². The zero-order chi connectivity index (χ0) is 14.6. The van der Waals surface area contributed by atoms with Gasteiger partial charge in [-0.2, -0.15) is 0 Å². The van der Waals surface area contributed by atoms with E-state index in [1.54, 1.807) is 0 Å². The van der Waals surface area contributed by atoms with Crippen molar-refractivity contribution in [3.05, 3.63) is 29.8 Å². The van der Waals surface area contributed by atoms with Crippen LogP contribution in [0.2, 0.25) is 0 Å². The summed E-state index contributed by atoms with van der Waals surface area (Å²) in [6.07, 6.45) is 1.67. The van der Waals surface area contributed by atoms with Gasteiger partial charge in [0.15, 0.2) is 9.84 Å². The van der Waals surface area contributed by atoms with Crippen molar-refractivity contribution in [3.63, 3.8) is 0 Å². The highest BCUT2D eigenvalue weighted by atomic mass is 32.2. The lowest BCUT2D eigenvalue weighted by atomic mass is 10.0. The van der Waals surface area contributed by atoms with Crippen molar-refractivity contribution in [2.45, 2.75) is 38.8 Å². The molecular weight excluding hydrogens is 274 g/mol. The summed E-state index contributed by atoms with van der Waals surface area (Å²) < 4.78 is 28.7. The van der Waals surface area contributed by atoms with Gasteiger partial charge in [-0.25, -0.2) is 8.42 Å². The van der Waals surface area contributed by atoms with Crippen LogP contribution < -0.4 is 10.1 Å². The first-order valence-electron chi connectivity index (χ1n) is 7.10. The minimum absolute atomic E-state index is 0.228. The molecule has 112 valence electrons. The van der Waals surface area contributed by atoms with Crippen LogP contribution in [-0.4, -0.2) is 32.1 Å². The average Bonchev–Trinajstić information content (AvgIpc) is 2.69. The Morgan fingerprint density at radius 1 is 1.40 bits per heavy atom. The third-order valence-corrected chi connectivity index (χ3v) is 5.50. The van der Waals surface area contributed by atoms with Crippen molar-refractivity contribution in [2.75, 3.05) is 18.1 Å². The summed E-state index contributed by atoms with van der Waals surface area (Å²) in [5.74, 6) is 1.39. The van der Waals surface area contributed by atoms with Gasteiger partial charge in [0.05, 0.1) is 18.1 Å². The second-order valence-electron chi connectivity index (χ2n) is 5.75. The van der Waals surface area contributed by atoms with Crippen LogP contribution in [0, 0.1) is 0 Å². The van der Waals surface area contributed by atoms with E-state index in [1.165, 1.54) is 0 Å². The van der Waals surface area contributed by atoms with Crippen LogP contribution in [0.25, 0.3) is 0 Å². The first-order valence-corrected chi connectivity index (χ1v) is 8.92. The van der Waals surface area contributed by atoms with Crippen LogP contribution in [0.15, 0.2) is 24.3 Å². The molecular formula is C15H23NO3S. The van der Waals surface area contributed by atoms with Crippen molar-refractivity contribution in [1.29, 1.82) is 0 Å². The second-order valence-corrected chi connectivity index (χ2v) is 7.94. The third kappa shape index (κ3) is 4.21. The Labute approximate surface area is 121 Å². The Kier molecular flexibility index (Phi) is 4.70. The number of rotatable bonds is 6. The highest BCUT2D eigenvalue weighted by molar-refractivity contribution is 7.91. The molecule has 1 aromatic rings. The fraction of sp³-hybridized carbons (Fsp3) is 0.600. The Morgan fingerprint density at radius 2 is 2.20 bits per heavy atom. The minimum Gasteiger partial charge on any atom is -0.494 e. The van der Waals surface area contributed by atoms with Gasteiger partial charge in [0, 0.05) is 12.1 Å². The SMILES string of the molecule is CCCOc1cccc(CNC2(C)CCS(=O)(=O)C2)c1. The molecule has 4 nitrogen and oxygen atoms in total. The van der Waals surface area contributed by atoms with E-state index in [2.05, 4.69) is 12.2 Å². The predicted molar refractivity (Wildman–Crippen MR) is 80.7 cm³/mol. The lowest BCUT2D eigenvalue weighted by Crippen LogP contribution is -2.42. The van der Waals surface area contributed by atoms with Crippen molar-refractivity contribution in [2.24, 2.45) is 0 Å². The highest BCUT2D eigenvalue weighted by Crippen LogP contribution is 2.23. The Morgan fingerprint density at radius 3 is 2.85 bits per heavy atom. The fourth-order valence-corrected chi connectivity index (χ4v) is 4.55. The maximum atomic E-state index is 11.6. The molecule has 1 saturated heterocycles. The van der Waals surface area contributed by atoms with Gasteiger partial charge < -0.3 is 10.1 Å². The molecule has 2 rings (SSSR count). The van der Waals surface area contributed by atoms with Crippen LogP contribution in [-0.2, 0) is 16.4 Å². The Hall–Kier alpha value is -1.07. The molecule has 20 heavy (non-hydrogen) atoms. The molecule has 0 radical (unpaired) electrons. The lowest BCUT2D eigenvalue weighted by molar-refractivity contribution is 0.316. The van der Waals surface area contributed by atoms with Crippen LogP contribution in [0.5, 0.6) is 5.75 Å². The molecule has 0 aliphatic carbocycles. The van der Waals surface area contributed by atoms with Gasteiger partial charge in [0.25, 0.3) is 0 Å². The highest BCUT2D eigenvalue weighted by Gasteiger charge is 2.37. The summed E-state index contributed by atoms with van der Waals surface area (Å²) >= 11 is 0. The molecule has 1 aliphatic rings. The first kappa shape index (κ1) is 15.3. The molecule has 1 heterocycles. The monoisotopic (exact) mass is 297 g/mol. The van der Waals surface area contributed by atoms with Gasteiger partial charge >= 0.3 is 0 Å². The maximum Gasteiger partial charge on any atom is 0.152 e. The number of hydrogen-bond acceptors (Lipinski definition) is 4. The minimum atomic E-state index is -2.87. The molecule has 0 spiro atoms. The third-order valence-electron chi connectivity index (χ3n) is 3.59. The topological polar surface area (TPSA) is 55.4 Å². The number of ether oxygens (including phenoxy) is 1. The standard InChI is InChI=1S/C15H23NO3S/c1-3-8-19-14-6-4-5-13(10-14)11-16-15(2)7-9-20(17,18)12-15/h4-6,10,16H,3,7-9,11-12H2,1-2H3. The number of benzene rings is 1. The summed E-state index contributed by atoms with van der Waals surface area (Å²) in [7, 11) is -2.87. The van der Waals surface area contributed by atoms with E-state index in [-0.39, 0.29) is 17.0 Å². The Bertz CT molecular complexity index is 556. The lowest BCUT2D eigenvalue weighted by Gasteiger charge is -2.24. The van der Waals surface area contributed by atoms with Crippen LogP contribution in [0.1, 0.15) is 32.3 Å². The molecule has 1 atom stereocenters. The molecule has 0 aromatic heterocycles. The predicted octanol–water partition coefficient (Wildman–Crippen LogP) is 2.14. The van der Waals surface area contributed by atoms with E-state index >= 15 is 0 Å². The molecule has 0 amide bonds. The van der Waals surface area contributed by atoms with Crippen molar-refractivity contribution < 1.29 is 13.2 Å². The molecule has 5 heteroatoms. The van der Waals surface area contributed by atoms with Crippen molar-refractivity contribution in [1.82, 2.24) is 5.32 Å². The molecule has 0 bridgehead atoms. The van der Waals surface area contributed by atoms with Crippen molar-refractivity contribution >= 4 is 9.84 Å². The van der Waals surface area contributed by atoms with Gasteiger partial charge in [0.1, 0.15) is 5.75 Å². The largest absolute Gasteiger partial charge is 0.494 e. The summed E-state index contributed by atoms with van der Waals surface area (Å²) in [5.41, 5.74) is 0.808. The maximum absolute atomic E-state index is 11.6. The summed E-state index contributed by atoms with van der Waals surface area (Å²) in [6.45, 7) is 5.43.